The molecule has 40 heavy (non-hydrogen) atoms. The van der Waals surface area contributed by atoms with Gasteiger partial charge in [0.2, 0.25) is 0 Å². The number of aliphatic hydroxyl groups is 1. The molecule has 204 valence electrons. The lowest BCUT2D eigenvalue weighted by Crippen LogP contribution is -2.53. The van der Waals surface area contributed by atoms with Crippen molar-refractivity contribution < 1.29 is 23.4 Å². The number of nitrogens with zero attached hydrogens (tertiary/aromatic N) is 4. The van der Waals surface area contributed by atoms with Gasteiger partial charge in [-0.1, -0.05) is 19.1 Å². The molecule has 4 aromatic rings. The fourth-order valence-corrected chi connectivity index (χ4v) is 5.67. The molecule has 2 bridgehead atoms. The van der Waals surface area contributed by atoms with Crippen LogP contribution in [-0.2, 0) is 6.42 Å². The van der Waals surface area contributed by atoms with Crippen molar-refractivity contribution in [1.29, 1.82) is 0 Å². The van der Waals surface area contributed by atoms with E-state index in [4.69, 9.17) is 15.5 Å². The molecule has 0 saturated heterocycles. The van der Waals surface area contributed by atoms with Crippen LogP contribution < -0.4 is 15.8 Å². The Labute approximate surface area is 231 Å². The summed E-state index contributed by atoms with van der Waals surface area (Å²) in [6.45, 7) is -0.829. The molecule has 0 aliphatic carbocycles. The number of nitrogens with one attached hydrogen (secondary N) is 1. The number of ether oxygens (including phenoxy) is 1. The first-order chi connectivity index (χ1) is 19.0. The zero-order valence-corrected chi connectivity index (χ0v) is 22.4. The van der Waals surface area contributed by atoms with E-state index in [1.807, 2.05) is 29.7 Å². The van der Waals surface area contributed by atoms with Crippen LogP contribution in [0.25, 0.3) is 22.2 Å². The Bertz CT molecular complexity index is 1630. The number of hydrogen-bond donors (Lipinski definition) is 3. The van der Waals surface area contributed by atoms with Gasteiger partial charge in [-0.2, -0.15) is 8.78 Å². The maximum Gasteiger partial charge on any atom is 0.387 e. The fourth-order valence-electron chi connectivity index (χ4n) is 5.67. The molecule has 2 aromatic heterocycles. The third kappa shape index (κ3) is 4.24. The Morgan fingerprint density at radius 2 is 1.98 bits per heavy atom. The first kappa shape index (κ1) is 26.4. The number of amides is 1. The molecule has 4 N–H and O–H groups in total. The van der Waals surface area contributed by atoms with E-state index in [1.54, 1.807) is 40.2 Å². The summed E-state index contributed by atoms with van der Waals surface area (Å²) < 4.78 is 33.4. The van der Waals surface area contributed by atoms with Crippen molar-refractivity contribution in [2.24, 2.45) is 11.1 Å². The third-order valence-corrected chi connectivity index (χ3v) is 8.48. The largest absolute Gasteiger partial charge is 0.434 e. The van der Waals surface area contributed by atoms with Gasteiger partial charge in [-0.3, -0.25) is 4.79 Å². The van der Waals surface area contributed by atoms with Gasteiger partial charge in [0.15, 0.2) is 0 Å². The number of rotatable bonds is 7. The second-order valence-electron chi connectivity index (χ2n) is 11.3. The maximum absolute atomic E-state index is 13.3. The van der Waals surface area contributed by atoms with Crippen molar-refractivity contribution in [2.75, 3.05) is 6.54 Å². The molecule has 1 amide bonds. The topological polar surface area (TPSA) is 128 Å². The molecule has 6 rings (SSSR count). The smallest absolute Gasteiger partial charge is 0.387 e. The van der Waals surface area contributed by atoms with E-state index in [0.29, 0.717) is 35.6 Å². The standard InChI is InChI=1S/C27H28B2F2N6O3/c1-26(12-32,27(28,29)39)9-21-33-10-14(11-34-21)13-5-6-16-18(7-13)37-19-8-17(23(37)35-16)36-24(38)15-3-2-4-20(22(15)19)40-25(30)31/h2-7,10-11,17,19,25,39H,8-9,12,28-29,32H2,1H3,(H,36,38)/t17-,19+,26?/m1/s1. The van der Waals surface area contributed by atoms with Crippen LogP contribution in [0.5, 0.6) is 5.75 Å². The number of alkyl halides is 2. The van der Waals surface area contributed by atoms with Crippen LogP contribution in [0.15, 0.2) is 48.8 Å². The summed E-state index contributed by atoms with van der Waals surface area (Å²) in [6.07, 6.45) is 4.36. The number of imidazole rings is 1. The molecule has 2 aliphatic heterocycles. The summed E-state index contributed by atoms with van der Waals surface area (Å²) >= 11 is 0. The van der Waals surface area contributed by atoms with Crippen LogP contribution in [0.2, 0.25) is 0 Å². The second-order valence-corrected chi connectivity index (χ2v) is 11.3. The SMILES string of the molecule is BC(B)(O)C(C)(CN)Cc1ncc(-c2ccc3nc4n(c3c2)[C@H]2C[C@H]4NC(=O)c3cccc(OC(F)F)c32)cn1. The molecule has 0 radical (unpaired) electrons. The molecular formula is C27H28B2F2N6O3. The summed E-state index contributed by atoms with van der Waals surface area (Å²) in [6, 6.07) is 9.63. The van der Waals surface area contributed by atoms with Gasteiger partial charge in [0.1, 0.15) is 33.1 Å². The van der Waals surface area contributed by atoms with Crippen LogP contribution in [-0.4, -0.2) is 64.8 Å². The lowest BCUT2D eigenvalue weighted by atomic mass is 9.50. The zero-order chi connectivity index (χ0) is 28.4. The molecule has 13 heteroatoms. The number of hydrogen-bond acceptors (Lipinski definition) is 7. The molecule has 2 aromatic carbocycles. The number of carbonyl (C=O) groups is 1. The van der Waals surface area contributed by atoms with E-state index >= 15 is 0 Å². The monoisotopic (exact) mass is 544 g/mol. The fraction of sp³-hybridized carbons (Fsp3) is 0.333. The maximum atomic E-state index is 13.3. The minimum Gasteiger partial charge on any atom is -0.434 e. The summed E-state index contributed by atoms with van der Waals surface area (Å²) in [5.41, 5.74) is 9.28. The summed E-state index contributed by atoms with van der Waals surface area (Å²) in [5, 5.41) is 12.6. The first-order valence-electron chi connectivity index (χ1n) is 13.1. The molecule has 0 spiro atoms. The Morgan fingerprint density at radius 3 is 2.65 bits per heavy atom. The average molecular weight is 544 g/mol. The number of nitrogens with two attached hydrogens (primary N) is 1. The van der Waals surface area contributed by atoms with Crippen molar-refractivity contribution in [3.05, 3.63) is 71.6 Å². The lowest BCUT2D eigenvalue weighted by Gasteiger charge is -2.39. The van der Waals surface area contributed by atoms with Gasteiger partial charge in [0.25, 0.3) is 5.91 Å². The highest BCUT2D eigenvalue weighted by Crippen LogP contribution is 2.47. The van der Waals surface area contributed by atoms with Crippen LogP contribution >= 0.6 is 0 Å². The van der Waals surface area contributed by atoms with Crippen molar-refractivity contribution in [3.8, 4) is 16.9 Å². The number of carbonyl (C=O) groups excluding carboxylic acids is 1. The molecule has 1 unspecified atom stereocenters. The number of benzene rings is 2. The third-order valence-electron chi connectivity index (χ3n) is 8.48. The molecule has 3 atom stereocenters. The predicted molar refractivity (Wildman–Crippen MR) is 150 cm³/mol. The van der Waals surface area contributed by atoms with Crippen LogP contribution in [0.3, 0.4) is 0 Å². The molecule has 0 saturated carbocycles. The highest BCUT2D eigenvalue weighted by molar-refractivity contribution is 6.39. The summed E-state index contributed by atoms with van der Waals surface area (Å²) in [4.78, 5) is 26.8. The Kier molecular flexibility index (Phi) is 6.19. The summed E-state index contributed by atoms with van der Waals surface area (Å²) in [7, 11) is 3.47. The number of aromatic nitrogens is 4. The number of halogens is 2. The van der Waals surface area contributed by atoms with Gasteiger partial charge in [-0.25, -0.2) is 15.0 Å². The highest BCUT2D eigenvalue weighted by atomic mass is 19.3. The Morgan fingerprint density at radius 1 is 1.23 bits per heavy atom. The predicted octanol–water partition coefficient (Wildman–Crippen LogP) is 1.29. The normalized spacial score (nSPS) is 19.6. The highest BCUT2D eigenvalue weighted by Gasteiger charge is 2.42. The quantitative estimate of drug-likeness (QED) is 0.300. The van der Waals surface area contributed by atoms with E-state index in [2.05, 4.69) is 15.3 Å². The van der Waals surface area contributed by atoms with E-state index in [1.165, 1.54) is 6.07 Å². The van der Waals surface area contributed by atoms with Gasteiger partial charge in [0.05, 0.1) is 23.1 Å². The Balaban J connectivity index is 1.40. The number of fused-ring (bicyclic) bond motifs is 9. The average Bonchev–Trinajstić information content (AvgIpc) is 3.40. The minimum atomic E-state index is -3.02. The van der Waals surface area contributed by atoms with Crippen LogP contribution in [0, 0.1) is 5.41 Å². The van der Waals surface area contributed by atoms with Gasteiger partial charge in [-0.15, -0.1) is 0 Å². The first-order valence-corrected chi connectivity index (χ1v) is 13.1. The van der Waals surface area contributed by atoms with Gasteiger partial charge in [0, 0.05) is 46.3 Å². The van der Waals surface area contributed by atoms with Crippen molar-refractivity contribution in [3.63, 3.8) is 0 Å². The van der Waals surface area contributed by atoms with E-state index in [9.17, 15) is 18.7 Å². The van der Waals surface area contributed by atoms with E-state index in [-0.39, 0.29) is 24.2 Å². The lowest BCUT2D eigenvalue weighted by molar-refractivity contribution is -0.0507. The molecule has 4 heterocycles. The molecule has 2 aliphatic rings. The Hall–Kier alpha value is -3.83. The van der Waals surface area contributed by atoms with Gasteiger partial charge < -0.3 is 25.5 Å². The molecule has 0 fully saturated rings. The van der Waals surface area contributed by atoms with Crippen molar-refractivity contribution in [2.45, 2.75) is 43.9 Å². The van der Waals surface area contributed by atoms with Crippen LogP contribution in [0.4, 0.5) is 8.78 Å². The van der Waals surface area contributed by atoms with Crippen molar-refractivity contribution in [1.82, 2.24) is 24.8 Å². The minimum absolute atomic E-state index is 0.0151. The van der Waals surface area contributed by atoms with E-state index in [0.717, 1.165) is 22.2 Å². The summed E-state index contributed by atoms with van der Waals surface area (Å²) in [5.74, 6) is 0.892. The second kappa shape index (κ2) is 9.38. The molecular weight excluding hydrogens is 516 g/mol. The van der Waals surface area contributed by atoms with E-state index < -0.39 is 23.5 Å². The zero-order valence-electron chi connectivity index (χ0n) is 22.4. The van der Waals surface area contributed by atoms with Crippen molar-refractivity contribution >= 4 is 32.6 Å². The van der Waals surface area contributed by atoms with Crippen LogP contribution in [0.1, 0.15) is 53.0 Å². The molecule has 9 nitrogen and oxygen atoms in total. The van der Waals surface area contributed by atoms with Gasteiger partial charge >= 0.3 is 6.61 Å². The van der Waals surface area contributed by atoms with Gasteiger partial charge in [-0.05, 0) is 42.8 Å².